The Balaban J connectivity index is 0. The highest BCUT2D eigenvalue weighted by molar-refractivity contribution is 14.0. The van der Waals surface area contributed by atoms with Crippen molar-refractivity contribution >= 4 is 29.9 Å². The molecular formula is C11H26IN3O2. The Kier molecular flexibility index (Phi) is 18.0. The molecule has 3 N–H and O–H groups in total. The van der Waals surface area contributed by atoms with Gasteiger partial charge in [0.1, 0.15) is 0 Å². The average Bonchev–Trinajstić information content (AvgIpc) is 2.28. The first-order valence-corrected chi connectivity index (χ1v) is 5.91. The molecule has 104 valence electrons. The van der Waals surface area contributed by atoms with E-state index in [1.807, 2.05) is 0 Å². The monoisotopic (exact) mass is 359 g/mol. The number of unbranched alkanes of at least 4 members (excludes halogenated alkanes) is 1. The molecule has 6 heteroatoms. The van der Waals surface area contributed by atoms with E-state index in [-0.39, 0.29) is 24.0 Å². The van der Waals surface area contributed by atoms with E-state index in [9.17, 15) is 0 Å². The van der Waals surface area contributed by atoms with Crippen molar-refractivity contribution in [1.29, 1.82) is 0 Å². The molecule has 0 bridgehead atoms. The number of aliphatic imine (C=N–C) groups is 1. The predicted octanol–water partition coefficient (Wildman–Crippen LogP) is 1.36. The summed E-state index contributed by atoms with van der Waals surface area (Å²) < 4.78 is 10.2. The molecule has 0 spiro atoms. The van der Waals surface area contributed by atoms with Gasteiger partial charge in [-0.25, -0.2) is 0 Å². The van der Waals surface area contributed by atoms with Crippen LogP contribution < -0.4 is 11.1 Å². The van der Waals surface area contributed by atoms with Crippen LogP contribution in [0.3, 0.4) is 0 Å². The number of rotatable bonds is 10. The lowest BCUT2D eigenvalue weighted by molar-refractivity contribution is 0.0702. The van der Waals surface area contributed by atoms with Gasteiger partial charge in [0.05, 0.1) is 13.2 Å². The predicted molar refractivity (Wildman–Crippen MR) is 82.1 cm³/mol. The van der Waals surface area contributed by atoms with E-state index in [2.05, 4.69) is 17.2 Å². The van der Waals surface area contributed by atoms with Crippen molar-refractivity contribution in [2.24, 2.45) is 10.7 Å². The number of nitrogens with two attached hydrogens (primary N) is 1. The number of nitrogens with zero attached hydrogens (tertiary/aromatic N) is 1. The number of methoxy groups -OCH3 is 1. The molecule has 0 aliphatic heterocycles. The van der Waals surface area contributed by atoms with Gasteiger partial charge >= 0.3 is 0 Å². The van der Waals surface area contributed by atoms with E-state index in [0.717, 1.165) is 25.8 Å². The molecule has 0 aliphatic carbocycles. The lowest BCUT2D eigenvalue weighted by Gasteiger charge is -2.04. The van der Waals surface area contributed by atoms with Gasteiger partial charge in [0.25, 0.3) is 0 Å². The van der Waals surface area contributed by atoms with Crippen LogP contribution in [0.15, 0.2) is 4.99 Å². The fraction of sp³-hybridized carbons (Fsp3) is 0.909. The van der Waals surface area contributed by atoms with Gasteiger partial charge in [0.15, 0.2) is 5.96 Å². The van der Waals surface area contributed by atoms with Crippen molar-refractivity contribution < 1.29 is 9.47 Å². The number of hydrogen-bond acceptors (Lipinski definition) is 3. The van der Waals surface area contributed by atoms with Crippen molar-refractivity contribution in [3.8, 4) is 0 Å². The van der Waals surface area contributed by atoms with Gasteiger partial charge in [0, 0.05) is 26.8 Å². The molecule has 0 fully saturated rings. The fourth-order valence-corrected chi connectivity index (χ4v) is 1.06. The lowest BCUT2D eigenvalue weighted by Crippen LogP contribution is -2.32. The first-order chi connectivity index (χ1) is 7.81. The van der Waals surface area contributed by atoms with E-state index < -0.39 is 0 Å². The molecule has 0 aromatic carbocycles. The molecule has 0 amide bonds. The minimum atomic E-state index is 0. The fourth-order valence-electron chi connectivity index (χ4n) is 1.06. The van der Waals surface area contributed by atoms with Gasteiger partial charge in [-0.1, -0.05) is 13.3 Å². The normalized spacial score (nSPS) is 11.1. The summed E-state index contributed by atoms with van der Waals surface area (Å²) >= 11 is 0. The SMILES string of the molecule is CCCCNC(N)=NCCCOCCOC.I. The highest BCUT2D eigenvalue weighted by atomic mass is 127. The van der Waals surface area contributed by atoms with Crippen molar-refractivity contribution in [1.82, 2.24) is 5.32 Å². The van der Waals surface area contributed by atoms with Crippen LogP contribution in [0.2, 0.25) is 0 Å². The zero-order valence-corrected chi connectivity index (χ0v) is 13.2. The van der Waals surface area contributed by atoms with E-state index in [4.69, 9.17) is 15.2 Å². The van der Waals surface area contributed by atoms with Crippen LogP contribution >= 0.6 is 24.0 Å². The summed E-state index contributed by atoms with van der Waals surface area (Å²) in [5.41, 5.74) is 5.65. The van der Waals surface area contributed by atoms with E-state index in [1.165, 1.54) is 0 Å². The van der Waals surface area contributed by atoms with Gasteiger partial charge in [0.2, 0.25) is 0 Å². The van der Waals surface area contributed by atoms with Crippen molar-refractivity contribution in [2.45, 2.75) is 26.2 Å². The second-order valence-electron chi connectivity index (χ2n) is 3.51. The topological polar surface area (TPSA) is 68.9 Å². The standard InChI is InChI=1S/C11H25N3O2.HI/c1-3-4-6-13-11(12)14-7-5-8-16-10-9-15-2;/h3-10H2,1-2H3,(H3,12,13,14);1H. The van der Waals surface area contributed by atoms with Crippen LogP contribution in [0.25, 0.3) is 0 Å². The Hall–Kier alpha value is -0.0800. The summed E-state index contributed by atoms with van der Waals surface area (Å²) in [5.74, 6) is 0.533. The Morgan fingerprint density at radius 1 is 1.24 bits per heavy atom. The molecule has 0 saturated carbocycles. The van der Waals surface area contributed by atoms with E-state index >= 15 is 0 Å². The summed E-state index contributed by atoms with van der Waals surface area (Å²) in [6.45, 7) is 5.74. The summed E-state index contributed by atoms with van der Waals surface area (Å²) in [5, 5.41) is 3.06. The van der Waals surface area contributed by atoms with Crippen molar-refractivity contribution in [3.63, 3.8) is 0 Å². The Bertz CT molecular complexity index is 180. The summed E-state index contributed by atoms with van der Waals surface area (Å²) in [4.78, 5) is 4.19. The minimum Gasteiger partial charge on any atom is -0.382 e. The Morgan fingerprint density at radius 2 is 2.00 bits per heavy atom. The number of nitrogens with one attached hydrogen (secondary N) is 1. The van der Waals surface area contributed by atoms with Gasteiger partial charge in [-0.15, -0.1) is 24.0 Å². The third-order valence-electron chi connectivity index (χ3n) is 2.00. The number of halogens is 1. The maximum Gasteiger partial charge on any atom is 0.188 e. The van der Waals surface area contributed by atoms with Crippen LogP contribution in [0.5, 0.6) is 0 Å². The van der Waals surface area contributed by atoms with Gasteiger partial charge in [-0.2, -0.15) is 0 Å². The third kappa shape index (κ3) is 15.9. The molecule has 0 rings (SSSR count). The summed E-state index contributed by atoms with van der Waals surface area (Å²) in [7, 11) is 1.66. The van der Waals surface area contributed by atoms with Crippen LogP contribution in [0.4, 0.5) is 0 Å². The molecule has 0 aliphatic rings. The maximum absolute atomic E-state index is 5.65. The van der Waals surface area contributed by atoms with Crippen LogP contribution in [-0.2, 0) is 9.47 Å². The molecule has 0 radical (unpaired) electrons. The first kappa shape index (κ1) is 19.3. The van der Waals surface area contributed by atoms with Gasteiger partial charge in [-0.05, 0) is 12.8 Å². The van der Waals surface area contributed by atoms with Crippen LogP contribution in [-0.4, -0.2) is 46.0 Å². The lowest BCUT2D eigenvalue weighted by atomic mass is 10.3. The molecule has 17 heavy (non-hydrogen) atoms. The maximum atomic E-state index is 5.65. The molecule has 0 atom stereocenters. The zero-order chi connectivity index (χ0) is 12.1. The molecule has 5 nitrogen and oxygen atoms in total. The summed E-state index contributed by atoms with van der Waals surface area (Å²) in [6.07, 6.45) is 3.17. The summed E-state index contributed by atoms with van der Waals surface area (Å²) in [6, 6.07) is 0. The molecule has 0 aromatic rings. The van der Waals surface area contributed by atoms with Gasteiger partial charge < -0.3 is 20.5 Å². The molecular weight excluding hydrogens is 333 g/mol. The number of guanidine groups is 1. The number of ether oxygens (including phenoxy) is 2. The quantitative estimate of drug-likeness (QED) is 0.268. The number of hydrogen-bond donors (Lipinski definition) is 2. The Morgan fingerprint density at radius 3 is 2.65 bits per heavy atom. The van der Waals surface area contributed by atoms with E-state index in [1.54, 1.807) is 7.11 Å². The molecule has 0 heterocycles. The molecule has 0 aromatic heterocycles. The second kappa shape index (κ2) is 15.9. The van der Waals surface area contributed by atoms with Crippen molar-refractivity contribution in [3.05, 3.63) is 0 Å². The zero-order valence-electron chi connectivity index (χ0n) is 10.9. The largest absolute Gasteiger partial charge is 0.382 e. The Labute approximate surface area is 122 Å². The molecule has 0 saturated heterocycles. The smallest absolute Gasteiger partial charge is 0.188 e. The highest BCUT2D eigenvalue weighted by Crippen LogP contribution is 1.85. The van der Waals surface area contributed by atoms with Crippen LogP contribution in [0, 0.1) is 0 Å². The average molecular weight is 359 g/mol. The second-order valence-corrected chi connectivity index (χ2v) is 3.51. The third-order valence-corrected chi connectivity index (χ3v) is 2.00. The van der Waals surface area contributed by atoms with Crippen molar-refractivity contribution in [2.75, 3.05) is 40.0 Å². The first-order valence-electron chi connectivity index (χ1n) is 5.91. The molecule has 0 unspecified atom stereocenters. The van der Waals surface area contributed by atoms with Gasteiger partial charge in [-0.3, -0.25) is 4.99 Å². The van der Waals surface area contributed by atoms with E-state index in [0.29, 0.717) is 32.3 Å². The minimum absolute atomic E-state index is 0. The van der Waals surface area contributed by atoms with Crippen LogP contribution in [0.1, 0.15) is 26.2 Å². The highest BCUT2D eigenvalue weighted by Gasteiger charge is 1.91.